The molecular weight excluding hydrogens is 322 g/mol. The zero-order chi connectivity index (χ0) is 16.2. The Kier molecular flexibility index (Phi) is 6.23. The van der Waals surface area contributed by atoms with E-state index in [4.69, 9.17) is 28.3 Å². The molecule has 0 radical (unpaired) electrons. The maximum atomic E-state index is 13.3. The topological polar surface area (TPSA) is 69.6 Å². The Labute approximate surface area is 131 Å². The van der Waals surface area contributed by atoms with E-state index in [9.17, 15) is 14.0 Å². The van der Waals surface area contributed by atoms with Gasteiger partial charge in [-0.25, -0.2) is 9.18 Å². The van der Waals surface area contributed by atoms with E-state index in [0.717, 1.165) is 0 Å². The smallest absolute Gasteiger partial charge is 0.322 e. The van der Waals surface area contributed by atoms with Gasteiger partial charge in [-0.05, 0) is 26.0 Å². The van der Waals surface area contributed by atoms with Gasteiger partial charge in [0.1, 0.15) is 0 Å². The summed E-state index contributed by atoms with van der Waals surface area (Å²) in [5.41, 5.74) is 0.234. The Morgan fingerprint density at radius 1 is 1.33 bits per heavy atom. The quantitative estimate of drug-likeness (QED) is 0.802. The number of hydrogen-bond acceptors (Lipinski definition) is 2. The predicted octanol–water partition coefficient (Wildman–Crippen LogP) is 3.85. The van der Waals surface area contributed by atoms with Crippen LogP contribution in [0.1, 0.15) is 20.3 Å². The summed E-state index contributed by atoms with van der Waals surface area (Å²) in [7, 11) is 0. The molecule has 0 atom stereocenters. The average Bonchev–Trinajstić information content (AvgIpc) is 2.35. The second-order valence-corrected chi connectivity index (χ2v) is 5.43. The third-order valence-corrected chi connectivity index (χ3v) is 3.24. The molecule has 1 aromatic carbocycles. The van der Waals surface area contributed by atoms with Crippen molar-refractivity contribution in [2.24, 2.45) is 0 Å². The second kappa shape index (κ2) is 7.47. The molecule has 0 fully saturated rings. The largest absolute Gasteiger partial charge is 0.481 e. The van der Waals surface area contributed by atoms with Gasteiger partial charge in [0.15, 0.2) is 5.82 Å². The van der Waals surface area contributed by atoms with Gasteiger partial charge >= 0.3 is 12.0 Å². The van der Waals surface area contributed by atoms with Gasteiger partial charge in [-0.3, -0.25) is 4.79 Å². The van der Waals surface area contributed by atoms with Crippen LogP contribution < -0.4 is 5.32 Å². The van der Waals surface area contributed by atoms with Crippen LogP contribution in [0, 0.1) is 5.82 Å². The van der Waals surface area contributed by atoms with Gasteiger partial charge in [0.25, 0.3) is 0 Å². The fourth-order valence-corrected chi connectivity index (χ4v) is 2.12. The van der Waals surface area contributed by atoms with E-state index < -0.39 is 17.8 Å². The van der Waals surface area contributed by atoms with Gasteiger partial charge in [-0.2, -0.15) is 0 Å². The number of carbonyl (C=O) groups excluding carboxylic acids is 1. The number of carboxylic acids is 1. The fraction of sp³-hybridized carbons (Fsp3) is 0.385. The lowest BCUT2D eigenvalue weighted by molar-refractivity contribution is -0.137. The zero-order valence-corrected chi connectivity index (χ0v) is 13.0. The third-order valence-electron chi connectivity index (χ3n) is 2.69. The summed E-state index contributed by atoms with van der Waals surface area (Å²) in [6.07, 6.45) is -0.170. The maximum absolute atomic E-state index is 13.3. The van der Waals surface area contributed by atoms with Crippen molar-refractivity contribution in [2.45, 2.75) is 26.3 Å². The van der Waals surface area contributed by atoms with Gasteiger partial charge in [0, 0.05) is 18.3 Å². The lowest BCUT2D eigenvalue weighted by atomic mass is 10.3. The van der Waals surface area contributed by atoms with E-state index in [1.54, 1.807) is 13.8 Å². The summed E-state index contributed by atoms with van der Waals surface area (Å²) in [6.45, 7) is 3.57. The molecule has 0 saturated heterocycles. The molecule has 0 spiro atoms. The molecule has 0 heterocycles. The number of anilines is 1. The highest BCUT2D eigenvalue weighted by atomic mass is 35.5. The fourth-order valence-electron chi connectivity index (χ4n) is 1.63. The summed E-state index contributed by atoms with van der Waals surface area (Å²) < 4.78 is 13.3. The van der Waals surface area contributed by atoms with Gasteiger partial charge in [0.05, 0.1) is 16.5 Å². The van der Waals surface area contributed by atoms with E-state index in [2.05, 4.69) is 5.32 Å². The minimum absolute atomic E-state index is 0.0570. The van der Waals surface area contributed by atoms with Gasteiger partial charge in [-0.15, -0.1) is 0 Å². The molecule has 21 heavy (non-hydrogen) atoms. The summed E-state index contributed by atoms with van der Waals surface area (Å²) in [4.78, 5) is 24.1. The second-order valence-electron chi connectivity index (χ2n) is 4.61. The van der Waals surface area contributed by atoms with Crippen LogP contribution in [-0.2, 0) is 4.79 Å². The molecule has 116 valence electrons. The number of rotatable bonds is 5. The average molecular weight is 337 g/mol. The molecule has 2 amide bonds. The SMILES string of the molecule is CC(C)N(CCC(=O)O)C(=O)Nc1cc(Cl)c(F)c(Cl)c1. The zero-order valence-electron chi connectivity index (χ0n) is 11.5. The van der Waals surface area contributed by atoms with E-state index in [1.807, 2.05) is 0 Å². The number of urea groups is 1. The van der Waals surface area contributed by atoms with Crippen molar-refractivity contribution >= 4 is 40.9 Å². The van der Waals surface area contributed by atoms with E-state index in [-0.39, 0.29) is 34.7 Å². The van der Waals surface area contributed by atoms with Gasteiger partial charge < -0.3 is 15.3 Å². The normalized spacial score (nSPS) is 10.6. The van der Waals surface area contributed by atoms with Crippen LogP contribution in [-0.4, -0.2) is 34.6 Å². The maximum Gasteiger partial charge on any atom is 0.322 e. The summed E-state index contributed by atoms with van der Waals surface area (Å²) in [5, 5.41) is 10.8. The molecule has 2 N–H and O–H groups in total. The van der Waals surface area contributed by atoms with E-state index in [1.165, 1.54) is 17.0 Å². The standard InChI is InChI=1S/C13H15Cl2FN2O3/c1-7(2)18(4-3-11(19)20)13(21)17-8-5-9(14)12(16)10(15)6-8/h5-7H,3-4H2,1-2H3,(H,17,21)(H,19,20). The minimum atomic E-state index is -0.999. The predicted molar refractivity (Wildman–Crippen MR) is 79.5 cm³/mol. The molecule has 8 heteroatoms. The monoisotopic (exact) mass is 336 g/mol. The van der Waals surface area contributed by atoms with Crippen LogP contribution in [0.3, 0.4) is 0 Å². The number of nitrogens with zero attached hydrogens (tertiary/aromatic N) is 1. The van der Waals surface area contributed by atoms with Crippen LogP contribution in [0.4, 0.5) is 14.9 Å². The van der Waals surface area contributed by atoms with Crippen LogP contribution in [0.15, 0.2) is 12.1 Å². The van der Waals surface area contributed by atoms with Crippen molar-refractivity contribution in [1.29, 1.82) is 0 Å². The van der Waals surface area contributed by atoms with Crippen molar-refractivity contribution in [1.82, 2.24) is 4.90 Å². The number of amides is 2. The Morgan fingerprint density at radius 3 is 2.29 bits per heavy atom. The van der Waals surface area contributed by atoms with Crippen molar-refractivity contribution in [2.75, 3.05) is 11.9 Å². The van der Waals surface area contributed by atoms with Crippen LogP contribution >= 0.6 is 23.2 Å². The first-order valence-corrected chi connectivity index (χ1v) is 6.92. The third kappa shape index (κ3) is 5.06. The van der Waals surface area contributed by atoms with Crippen LogP contribution in [0.25, 0.3) is 0 Å². The molecule has 1 aromatic rings. The first kappa shape index (κ1) is 17.5. The number of aliphatic carboxylic acids is 1. The number of carboxylic acid groups (broad SMARTS) is 1. The molecule has 0 aliphatic heterocycles. The molecule has 0 aromatic heterocycles. The summed E-state index contributed by atoms with van der Waals surface area (Å²) >= 11 is 11.3. The molecule has 5 nitrogen and oxygen atoms in total. The molecular formula is C13H15Cl2FN2O3. The van der Waals surface area contributed by atoms with E-state index in [0.29, 0.717) is 0 Å². The molecule has 0 unspecified atom stereocenters. The Bertz CT molecular complexity index is 529. The van der Waals surface area contributed by atoms with Crippen molar-refractivity contribution in [3.63, 3.8) is 0 Å². The van der Waals surface area contributed by atoms with Crippen molar-refractivity contribution < 1.29 is 19.1 Å². The van der Waals surface area contributed by atoms with Gasteiger partial charge in [0.2, 0.25) is 0 Å². The first-order valence-electron chi connectivity index (χ1n) is 6.16. The van der Waals surface area contributed by atoms with Crippen LogP contribution in [0.2, 0.25) is 10.0 Å². The number of nitrogens with one attached hydrogen (secondary N) is 1. The molecule has 0 aliphatic carbocycles. The Balaban J connectivity index is 2.84. The number of carbonyl (C=O) groups is 2. The minimum Gasteiger partial charge on any atom is -0.481 e. The Morgan fingerprint density at radius 2 is 1.86 bits per heavy atom. The molecule has 0 bridgehead atoms. The lowest BCUT2D eigenvalue weighted by Gasteiger charge is -2.26. The molecule has 1 rings (SSSR count). The molecule has 0 aliphatic rings. The number of hydrogen-bond donors (Lipinski definition) is 2. The van der Waals surface area contributed by atoms with Gasteiger partial charge in [-0.1, -0.05) is 23.2 Å². The number of benzene rings is 1. The number of halogens is 3. The van der Waals surface area contributed by atoms with Crippen molar-refractivity contribution in [3.8, 4) is 0 Å². The van der Waals surface area contributed by atoms with Crippen molar-refractivity contribution in [3.05, 3.63) is 28.0 Å². The lowest BCUT2D eigenvalue weighted by Crippen LogP contribution is -2.41. The van der Waals surface area contributed by atoms with Crippen LogP contribution in [0.5, 0.6) is 0 Å². The highest BCUT2D eigenvalue weighted by Crippen LogP contribution is 2.27. The molecule has 0 saturated carbocycles. The summed E-state index contributed by atoms with van der Waals surface area (Å²) in [6, 6.07) is 1.76. The summed E-state index contributed by atoms with van der Waals surface area (Å²) in [5.74, 6) is -1.76. The highest BCUT2D eigenvalue weighted by molar-refractivity contribution is 6.35. The Hall–Kier alpha value is -1.53. The first-order chi connectivity index (χ1) is 9.72. The highest BCUT2D eigenvalue weighted by Gasteiger charge is 2.19. The van der Waals surface area contributed by atoms with E-state index >= 15 is 0 Å².